The highest BCUT2D eigenvalue weighted by Crippen LogP contribution is 2.32. The number of nitriles is 2. The molecular formula is C25H26N8O2S. The zero-order chi connectivity index (χ0) is 25.5. The molecule has 1 amide bonds. The number of nitrogen functional groups attached to an aromatic ring is 1. The van der Waals surface area contributed by atoms with Crippen LogP contribution in [0.25, 0.3) is 10.7 Å². The van der Waals surface area contributed by atoms with E-state index in [1.54, 1.807) is 19.3 Å². The maximum atomic E-state index is 12.7. The number of thiazole rings is 1. The molecule has 0 saturated carbocycles. The Morgan fingerprint density at radius 1 is 1.33 bits per heavy atom. The number of rotatable bonds is 8. The van der Waals surface area contributed by atoms with Gasteiger partial charge in [-0.25, -0.2) is 9.97 Å². The number of pyridine rings is 2. The van der Waals surface area contributed by atoms with Crippen LogP contribution in [0.1, 0.15) is 46.7 Å². The summed E-state index contributed by atoms with van der Waals surface area (Å²) in [7, 11) is 0. The van der Waals surface area contributed by atoms with E-state index in [1.807, 2.05) is 24.3 Å². The van der Waals surface area contributed by atoms with Crippen molar-refractivity contribution in [3.8, 4) is 28.7 Å². The van der Waals surface area contributed by atoms with Gasteiger partial charge in [-0.15, -0.1) is 11.3 Å². The summed E-state index contributed by atoms with van der Waals surface area (Å²) in [5.41, 5.74) is 7.12. The molecule has 11 heteroatoms. The number of ether oxygens (including phenoxy) is 1. The number of amides is 1. The number of nitrogens with two attached hydrogens (primary N) is 1. The molecule has 1 fully saturated rings. The molecule has 3 N–H and O–H groups in total. The molecule has 1 aliphatic rings. The van der Waals surface area contributed by atoms with Crippen LogP contribution in [0.4, 0.5) is 5.69 Å². The quantitative estimate of drug-likeness (QED) is 0.472. The van der Waals surface area contributed by atoms with E-state index < -0.39 is 0 Å². The standard InChI is InChI=1S/C25H26N8O2S/c1-2-35-24-17(12-26)18(28)11-20(32-24)23(34)30-14-16-6-9-33(10-7-16)21(13-27)22-15-31-25(36-22)19-5-3-4-8-29-19/h3-5,8,11,15-16,21H,2,6-7,9-10,14H2,1H3,(H2,28,32)(H,30,34). The third kappa shape index (κ3) is 5.60. The molecule has 10 nitrogen and oxygen atoms in total. The number of carbonyl (C=O) groups excluding carboxylic acids is 1. The maximum Gasteiger partial charge on any atom is 0.270 e. The summed E-state index contributed by atoms with van der Waals surface area (Å²) < 4.78 is 5.37. The van der Waals surface area contributed by atoms with Gasteiger partial charge in [0.05, 0.1) is 28.9 Å². The zero-order valence-corrected chi connectivity index (χ0v) is 20.7. The molecule has 36 heavy (non-hydrogen) atoms. The van der Waals surface area contributed by atoms with E-state index in [0.29, 0.717) is 13.2 Å². The number of likely N-dealkylation sites (tertiary alicyclic amines) is 1. The predicted octanol–water partition coefficient (Wildman–Crippen LogP) is 3.16. The van der Waals surface area contributed by atoms with Crippen molar-refractivity contribution >= 4 is 22.9 Å². The van der Waals surface area contributed by atoms with Crippen LogP contribution in [0.5, 0.6) is 5.88 Å². The Morgan fingerprint density at radius 3 is 2.81 bits per heavy atom. The Bertz CT molecular complexity index is 1290. The highest BCUT2D eigenvalue weighted by atomic mass is 32.1. The van der Waals surface area contributed by atoms with Crippen molar-refractivity contribution in [2.75, 3.05) is 32.0 Å². The number of hydrogen-bond donors (Lipinski definition) is 2. The van der Waals surface area contributed by atoms with Crippen LogP contribution >= 0.6 is 11.3 Å². The maximum absolute atomic E-state index is 12.7. The van der Waals surface area contributed by atoms with Crippen LogP contribution in [-0.4, -0.2) is 52.0 Å². The van der Waals surface area contributed by atoms with Gasteiger partial charge in [0.15, 0.2) is 0 Å². The van der Waals surface area contributed by atoms with Gasteiger partial charge in [-0.3, -0.25) is 14.7 Å². The molecule has 0 aromatic carbocycles. The Morgan fingerprint density at radius 2 is 2.14 bits per heavy atom. The fraction of sp³-hybridized carbons (Fsp3) is 0.360. The molecular weight excluding hydrogens is 476 g/mol. The summed E-state index contributed by atoms with van der Waals surface area (Å²) in [6, 6.07) is 11.1. The third-order valence-corrected chi connectivity index (χ3v) is 7.08. The average Bonchev–Trinajstić information content (AvgIpc) is 3.39. The lowest BCUT2D eigenvalue weighted by atomic mass is 9.95. The molecule has 1 unspecified atom stereocenters. The SMILES string of the molecule is CCOc1nc(C(=O)NCC2CCN(C(C#N)c3cnc(-c4ccccn4)s3)CC2)cc(N)c1C#N. The van der Waals surface area contributed by atoms with Gasteiger partial charge >= 0.3 is 0 Å². The summed E-state index contributed by atoms with van der Waals surface area (Å²) in [5, 5.41) is 22.8. The van der Waals surface area contributed by atoms with E-state index in [9.17, 15) is 15.3 Å². The molecule has 1 atom stereocenters. The summed E-state index contributed by atoms with van der Waals surface area (Å²) in [6.45, 7) is 4.04. The van der Waals surface area contributed by atoms with Crippen molar-refractivity contribution in [2.45, 2.75) is 25.8 Å². The van der Waals surface area contributed by atoms with Gasteiger partial charge in [0, 0.05) is 32.0 Å². The molecule has 1 saturated heterocycles. The number of nitrogens with one attached hydrogen (secondary N) is 1. The van der Waals surface area contributed by atoms with Crippen LogP contribution in [0.15, 0.2) is 36.7 Å². The van der Waals surface area contributed by atoms with E-state index in [1.165, 1.54) is 17.4 Å². The Kier molecular flexibility index (Phi) is 8.06. The van der Waals surface area contributed by atoms with Crippen LogP contribution < -0.4 is 15.8 Å². The highest BCUT2D eigenvalue weighted by molar-refractivity contribution is 7.15. The van der Waals surface area contributed by atoms with Gasteiger partial charge in [-0.1, -0.05) is 6.07 Å². The normalized spacial score (nSPS) is 15.0. The van der Waals surface area contributed by atoms with E-state index >= 15 is 0 Å². The predicted molar refractivity (Wildman–Crippen MR) is 135 cm³/mol. The lowest BCUT2D eigenvalue weighted by Gasteiger charge is -2.34. The number of hydrogen-bond acceptors (Lipinski definition) is 10. The summed E-state index contributed by atoms with van der Waals surface area (Å²) in [5.74, 6) is -0.0244. The van der Waals surface area contributed by atoms with Crippen LogP contribution in [0.2, 0.25) is 0 Å². The molecule has 184 valence electrons. The minimum Gasteiger partial charge on any atom is -0.477 e. The number of nitrogens with zero attached hydrogens (tertiary/aromatic N) is 6. The lowest BCUT2D eigenvalue weighted by molar-refractivity contribution is 0.0926. The second-order valence-corrected chi connectivity index (χ2v) is 9.39. The van der Waals surface area contributed by atoms with Crippen LogP contribution in [-0.2, 0) is 0 Å². The molecule has 3 aromatic rings. The number of anilines is 1. The molecule has 0 bridgehead atoms. The summed E-state index contributed by atoms with van der Waals surface area (Å²) >= 11 is 1.49. The molecule has 4 heterocycles. The first-order chi connectivity index (χ1) is 17.5. The first-order valence-electron chi connectivity index (χ1n) is 11.7. The van der Waals surface area contributed by atoms with Crippen molar-refractivity contribution in [2.24, 2.45) is 5.92 Å². The van der Waals surface area contributed by atoms with Crippen molar-refractivity contribution in [1.82, 2.24) is 25.2 Å². The smallest absolute Gasteiger partial charge is 0.270 e. The van der Waals surface area contributed by atoms with Gasteiger partial charge in [-0.05, 0) is 43.9 Å². The minimum atomic E-state index is -0.365. The van der Waals surface area contributed by atoms with Gasteiger partial charge in [0.2, 0.25) is 5.88 Å². The number of aromatic nitrogens is 3. The highest BCUT2D eigenvalue weighted by Gasteiger charge is 2.28. The van der Waals surface area contributed by atoms with Crippen molar-refractivity contribution < 1.29 is 9.53 Å². The average molecular weight is 503 g/mol. The van der Waals surface area contributed by atoms with Gasteiger partial charge in [0.1, 0.15) is 28.4 Å². The first-order valence-corrected chi connectivity index (χ1v) is 12.5. The van der Waals surface area contributed by atoms with E-state index in [4.69, 9.17) is 10.5 Å². The lowest BCUT2D eigenvalue weighted by Crippen LogP contribution is -2.40. The molecule has 0 radical (unpaired) electrons. The second kappa shape index (κ2) is 11.6. The largest absolute Gasteiger partial charge is 0.477 e. The van der Waals surface area contributed by atoms with E-state index in [-0.39, 0.29) is 40.7 Å². The molecule has 0 aliphatic carbocycles. The summed E-state index contributed by atoms with van der Waals surface area (Å²) in [4.78, 5) is 28.7. The minimum absolute atomic E-state index is 0.0651. The summed E-state index contributed by atoms with van der Waals surface area (Å²) in [6.07, 6.45) is 5.18. The third-order valence-electron chi connectivity index (χ3n) is 6.01. The fourth-order valence-electron chi connectivity index (χ4n) is 4.10. The fourth-order valence-corrected chi connectivity index (χ4v) is 5.07. The molecule has 1 aliphatic heterocycles. The molecule has 0 spiro atoms. The molecule has 4 rings (SSSR count). The van der Waals surface area contributed by atoms with E-state index in [2.05, 4.69) is 31.2 Å². The van der Waals surface area contributed by atoms with Gasteiger partial charge in [0.25, 0.3) is 5.91 Å². The van der Waals surface area contributed by atoms with Gasteiger partial charge in [-0.2, -0.15) is 10.5 Å². The number of piperidine rings is 1. The van der Waals surface area contributed by atoms with Gasteiger partial charge < -0.3 is 15.8 Å². The first kappa shape index (κ1) is 25.0. The Balaban J connectivity index is 1.32. The second-order valence-electron chi connectivity index (χ2n) is 8.33. The Hall–Kier alpha value is -4.06. The van der Waals surface area contributed by atoms with Crippen molar-refractivity contribution in [3.05, 3.63) is 52.8 Å². The Labute approximate surface area is 213 Å². The van der Waals surface area contributed by atoms with Crippen LogP contribution in [0.3, 0.4) is 0 Å². The number of carbonyl (C=O) groups is 1. The van der Waals surface area contributed by atoms with Crippen molar-refractivity contribution in [3.63, 3.8) is 0 Å². The van der Waals surface area contributed by atoms with Crippen molar-refractivity contribution in [1.29, 1.82) is 10.5 Å². The monoisotopic (exact) mass is 502 g/mol. The van der Waals surface area contributed by atoms with E-state index in [0.717, 1.165) is 41.5 Å². The topological polar surface area (TPSA) is 154 Å². The van der Waals surface area contributed by atoms with Crippen LogP contribution in [0, 0.1) is 28.6 Å². The molecule has 3 aromatic heterocycles. The zero-order valence-electron chi connectivity index (χ0n) is 19.8.